The summed E-state index contributed by atoms with van der Waals surface area (Å²) >= 11 is 11.9. The Morgan fingerprint density at radius 3 is 2.93 bits per heavy atom. The molecule has 1 aromatic rings. The third-order valence-electron chi connectivity index (χ3n) is 2.39. The molecule has 1 aromatic carbocycles. The second-order valence-electron chi connectivity index (χ2n) is 3.38. The Morgan fingerprint density at radius 1 is 1.43 bits per heavy atom. The third-order valence-corrected chi connectivity index (χ3v) is 2.89. The number of hydrogen-bond acceptors (Lipinski definition) is 2. The van der Waals surface area contributed by atoms with Gasteiger partial charge in [0.25, 0.3) is 0 Å². The van der Waals surface area contributed by atoms with Gasteiger partial charge in [0, 0.05) is 11.1 Å². The van der Waals surface area contributed by atoms with Crippen LogP contribution < -0.4 is 10.1 Å². The Bertz CT molecular complexity index is 354. The van der Waals surface area contributed by atoms with Crippen LogP contribution in [0.5, 0.6) is 5.75 Å². The van der Waals surface area contributed by atoms with E-state index in [1.807, 2.05) is 13.1 Å². The van der Waals surface area contributed by atoms with Crippen LogP contribution >= 0.6 is 23.2 Å². The van der Waals surface area contributed by atoms with Crippen LogP contribution in [0.4, 0.5) is 0 Å². The van der Waals surface area contributed by atoms with Crippen molar-refractivity contribution >= 4 is 23.2 Å². The zero-order valence-electron chi connectivity index (χ0n) is 7.81. The van der Waals surface area contributed by atoms with Gasteiger partial charge in [-0.3, -0.25) is 0 Å². The lowest BCUT2D eigenvalue weighted by atomic mass is 10.0. The number of benzene rings is 1. The number of rotatable bonds is 1. The molecular weight excluding hydrogens is 221 g/mol. The second-order valence-corrected chi connectivity index (χ2v) is 4.22. The van der Waals surface area contributed by atoms with Crippen LogP contribution in [-0.2, 0) is 6.42 Å². The summed E-state index contributed by atoms with van der Waals surface area (Å²) in [6.45, 7) is 0.658. The van der Waals surface area contributed by atoms with Crippen LogP contribution in [0, 0.1) is 0 Å². The topological polar surface area (TPSA) is 21.3 Å². The van der Waals surface area contributed by atoms with Crippen LogP contribution in [0.15, 0.2) is 12.1 Å². The molecule has 2 nitrogen and oxygen atoms in total. The Hall–Kier alpha value is -0.440. The molecule has 1 N–H and O–H groups in total. The van der Waals surface area contributed by atoms with Crippen molar-refractivity contribution in [3.05, 3.63) is 27.7 Å². The van der Waals surface area contributed by atoms with Gasteiger partial charge in [0.05, 0.1) is 5.02 Å². The molecule has 0 fully saturated rings. The van der Waals surface area contributed by atoms with Crippen LogP contribution in [-0.4, -0.2) is 19.7 Å². The molecule has 1 unspecified atom stereocenters. The number of ether oxygens (including phenoxy) is 1. The Labute approximate surface area is 93.2 Å². The quantitative estimate of drug-likeness (QED) is 0.803. The first-order valence-corrected chi connectivity index (χ1v) is 5.24. The molecule has 0 spiro atoms. The molecular formula is C10H11Cl2NO. The maximum atomic E-state index is 6.01. The summed E-state index contributed by atoms with van der Waals surface area (Å²) < 4.78 is 5.56. The van der Waals surface area contributed by atoms with Gasteiger partial charge in [-0.25, -0.2) is 0 Å². The van der Waals surface area contributed by atoms with Crippen molar-refractivity contribution in [3.63, 3.8) is 0 Å². The molecule has 76 valence electrons. The van der Waals surface area contributed by atoms with Crippen LogP contribution in [0.2, 0.25) is 10.0 Å². The normalized spacial score (nSPS) is 20.1. The minimum absolute atomic E-state index is 0.344. The molecule has 1 aliphatic heterocycles. The summed E-state index contributed by atoms with van der Waals surface area (Å²) in [5, 5.41) is 4.43. The maximum absolute atomic E-state index is 6.01. The zero-order chi connectivity index (χ0) is 10.1. The van der Waals surface area contributed by atoms with Gasteiger partial charge in [0.2, 0.25) is 0 Å². The summed E-state index contributed by atoms with van der Waals surface area (Å²) in [6.07, 6.45) is 0.909. The van der Waals surface area contributed by atoms with E-state index in [4.69, 9.17) is 27.9 Å². The van der Waals surface area contributed by atoms with Crippen molar-refractivity contribution in [2.75, 3.05) is 13.7 Å². The average molecular weight is 232 g/mol. The second kappa shape index (κ2) is 3.97. The molecule has 0 aromatic heterocycles. The summed E-state index contributed by atoms with van der Waals surface area (Å²) in [7, 11) is 1.92. The van der Waals surface area contributed by atoms with E-state index < -0.39 is 0 Å². The van der Waals surface area contributed by atoms with E-state index in [1.165, 1.54) is 0 Å². The fourth-order valence-electron chi connectivity index (χ4n) is 1.62. The average Bonchev–Trinajstić information content (AvgIpc) is 2.16. The highest BCUT2D eigenvalue weighted by atomic mass is 35.5. The van der Waals surface area contributed by atoms with Crippen molar-refractivity contribution < 1.29 is 4.74 Å². The minimum atomic E-state index is 0.344. The minimum Gasteiger partial charge on any atom is -0.490 e. The van der Waals surface area contributed by atoms with E-state index in [-0.39, 0.29) is 0 Å². The lowest BCUT2D eigenvalue weighted by molar-refractivity contribution is 0.246. The molecule has 0 aliphatic carbocycles. The molecule has 0 bridgehead atoms. The van der Waals surface area contributed by atoms with Gasteiger partial charge in [-0.05, 0) is 31.2 Å². The van der Waals surface area contributed by atoms with E-state index in [9.17, 15) is 0 Å². The molecule has 0 amide bonds. The number of hydrogen-bond donors (Lipinski definition) is 1. The Morgan fingerprint density at radius 2 is 2.21 bits per heavy atom. The zero-order valence-corrected chi connectivity index (χ0v) is 9.32. The maximum Gasteiger partial charge on any atom is 0.141 e. The van der Waals surface area contributed by atoms with Gasteiger partial charge in [-0.2, -0.15) is 0 Å². The summed E-state index contributed by atoms with van der Waals surface area (Å²) in [4.78, 5) is 0. The van der Waals surface area contributed by atoms with Crippen LogP contribution in [0.3, 0.4) is 0 Å². The molecule has 1 aliphatic rings. The van der Waals surface area contributed by atoms with E-state index in [2.05, 4.69) is 5.32 Å². The van der Waals surface area contributed by atoms with Crippen molar-refractivity contribution in [3.8, 4) is 5.75 Å². The van der Waals surface area contributed by atoms with Gasteiger partial charge >= 0.3 is 0 Å². The fraction of sp³-hybridized carbons (Fsp3) is 0.400. The van der Waals surface area contributed by atoms with E-state index in [1.54, 1.807) is 6.07 Å². The van der Waals surface area contributed by atoms with Gasteiger partial charge in [0.1, 0.15) is 12.4 Å². The molecule has 2 rings (SSSR count). The van der Waals surface area contributed by atoms with Gasteiger partial charge < -0.3 is 10.1 Å². The van der Waals surface area contributed by atoms with E-state index in [0.29, 0.717) is 22.7 Å². The standard InChI is InChI=1S/C10H11Cl2NO/c1-13-8-3-6-2-7(11)4-9(12)10(6)14-5-8/h2,4,8,13H,3,5H2,1H3. The molecule has 14 heavy (non-hydrogen) atoms. The monoisotopic (exact) mass is 231 g/mol. The molecule has 1 heterocycles. The Balaban J connectivity index is 2.37. The van der Waals surface area contributed by atoms with E-state index in [0.717, 1.165) is 17.7 Å². The van der Waals surface area contributed by atoms with Crippen LogP contribution in [0.1, 0.15) is 5.56 Å². The van der Waals surface area contributed by atoms with Crippen molar-refractivity contribution in [2.24, 2.45) is 0 Å². The number of fused-ring (bicyclic) bond motifs is 1. The summed E-state index contributed by atoms with van der Waals surface area (Å²) in [5.74, 6) is 0.780. The van der Waals surface area contributed by atoms with E-state index >= 15 is 0 Å². The SMILES string of the molecule is CNC1COc2c(Cl)cc(Cl)cc2C1. The lowest BCUT2D eigenvalue weighted by Crippen LogP contribution is -2.36. The molecule has 0 saturated carbocycles. The first-order chi connectivity index (χ1) is 6.70. The number of likely N-dealkylation sites (N-methyl/N-ethyl adjacent to an activating group) is 1. The Kier molecular flexibility index (Phi) is 2.86. The molecule has 0 saturated heterocycles. The lowest BCUT2D eigenvalue weighted by Gasteiger charge is -2.25. The predicted molar refractivity (Wildman–Crippen MR) is 58.5 cm³/mol. The molecule has 4 heteroatoms. The summed E-state index contributed by atoms with van der Waals surface area (Å²) in [6, 6.07) is 3.96. The summed E-state index contributed by atoms with van der Waals surface area (Å²) in [5.41, 5.74) is 1.08. The number of nitrogens with one attached hydrogen (secondary N) is 1. The van der Waals surface area contributed by atoms with Crippen molar-refractivity contribution in [1.29, 1.82) is 0 Å². The van der Waals surface area contributed by atoms with Gasteiger partial charge in [-0.15, -0.1) is 0 Å². The molecule has 0 radical (unpaired) electrons. The molecule has 1 atom stereocenters. The first kappa shape index (κ1) is 10.1. The highest BCUT2D eigenvalue weighted by Gasteiger charge is 2.21. The third kappa shape index (κ3) is 1.83. The first-order valence-electron chi connectivity index (χ1n) is 4.48. The van der Waals surface area contributed by atoms with Gasteiger partial charge in [0.15, 0.2) is 0 Å². The highest BCUT2D eigenvalue weighted by Crippen LogP contribution is 2.35. The van der Waals surface area contributed by atoms with Crippen molar-refractivity contribution in [1.82, 2.24) is 5.32 Å². The highest BCUT2D eigenvalue weighted by molar-refractivity contribution is 6.35. The predicted octanol–water partition coefficient (Wildman–Crippen LogP) is 2.52. The number of halogens is 2. The van der Waals surface area contributed by atoms with Crippen LogP contribution in [0.25, 0.3) is 0 Å². The largest absolute Gasteiger partial charge is 0.490 e. The van der Waals surface area contributed by atoms with Gasteiger partial charge in [-0.1, -0.05) is 23.2 Å². The smallest absolute Gasteiger partial charge is 0.141 e. The fourth-order valence-corrected chi connectivity index (χ4v) is 2.21. The van der Waals surface area contributed by atoms with Crippen molar-refractivity contribution in [2.45, 2.75) is 12.5 Å².